The average molecular weight is 328 g/mol. The number of benzene rings is 1. The molecule has 0 aliphatic heterocycles. The minimum Gasteiger partial charge on any atom is -0.166 e. The van der Waals surface area contributed by atoms with E-state index in [1.54, 1.807) is 12.1 Å². The van der Waals surface area contributed by atoms with Crippen molar-refractivity contribution in [3.63, 3.8) is 0 Å². The summed E-state index contributed by atoms with van der Waals surface area (Å²) in [5.41, 5.74) is 0.389. The van der Waals surface area contributed by atoms with Crippen LogP contribution in [0.15, 0.2) is 24.3 Å². The minimum atomic E-state index is -4.23. The maximum absolute atomic E-state index is 12.2. The van der Waals surface area contributed by atoms with Crippen molar-refractivity contribution < 1.29 is 13.2 Å². The molecule has 0 bridgehead atoms. The maximum atomic E-state index is 12.2. The first-order valence-electron chi connectivity index (χ1n) is 4.70. The van der Waals surface area contributed by atoms with Crippen molar-refractivity contribution in [1.29, 1.82) is 0 Å². The normalized spacial score (nSPS) is 13.9. The van der Waals surface area contributed by atoms with E-state index in [1.165, 1.54) is 0 Å². The van der Waals surface area contributed by atoms with Gasteiger partial charge in [0, 0.05) is 3.92 Å². The lowest BCUT2D eigenvalue weighted by Crippen LogP contribution is -2.04. The molecule has 1 atom stereocenters. The second kappa shape index (κ2) is 5.18. The molecule has 0 aromatic heterocycles. The van der Waals surface area contributed by atoms with E-state index in [0.717, 1.165) is 30.5 Å². The molecule has 0 heterocycles. The van der Waals surface area contributed by atoms with Crippen molar-refractivity contribution in [1.82, 2.24) is 0 Å². The van der Waals surface area contributed by atoms with Crippen LogP contribution in [0, 0.1) is 0 Å². The van der Waals surface area contributed by atoms with E-state index in [2.05, 4.69) is 29.5 Å². The number of halogens is 4. The molecule has 0 nitrogen and oxygen atoms in total. The number of aryl methyl sites for hydroxylation is 1. The molecule has 1 aromatic carbocycles. The van der Waals surface area contributed by atoms with Gasteiger partial charge >= 0.3 is 6.18 Å². The molecular weight excluding hydrogens is 316 g/mol. The summed E-state index contributed by atoms with van der Waals surface area (Å²) >= 11 is 2.31. The lowest BCUT2D eigenvalue weighted by atomic mass is 10.1. The van der Waals surface area contributed by atoms with Crippen molar-refractivity contribution in [2.24, 2.45) is 0 Å². The topological polar surface area (TPSA) is 0 Å². The highest BCUT2D eigenvalue weighted by atomic mass is 127. The van der Waals surface area contributed by atoms with E-state index >= 15 is 0 Å². The molecule has 0 fully saturated rings. The first-order valence-corrected chi connectivity index (χ1v) is 5.94. The Morgan fingerprint density at radius 1 is 1.20 bits per heavy atom. The molecule has 1 rings (SSSR count). The third-order valence-corrected chi connectivity index (χ3v) is 2.73. The summed E-state index contributed by atoms with van der Waals surface area (Å²) in [7, 11) is 0. The van der Waals surface area contributed by atoms with Crippen molar-refractivity contribution in [3.8, 4) is 0 Å². The minimum absolute atomic E-state index is 0.546. The highest BCUT2D eigenvalue weighted by Gasteiger charge is 2.29. The highest BCUT2D eigenvalue weighted by molar-refractivity contribution is 14.1. The van der Waals surface area contributed by atoms with E-state index in [-0.39, 0.29) is 0 Å². The standard InChI is InChI=1S/C11H12F3I/c1-8(15)2-3-9-4-6-10(7-5-9)11(12,13)14/h4-8H,2-3H2,1H3. The van der Waals surface area contributed by atoms with E-state index in [0.29, 0.717) is 3.92 Å². The van der Waals surface area contributed by atoms with Crippen molar-refractivity contribution in [2.45, 2.75) is 29.9 Å². The fourth-order valence-corrected chi connectivity index (χ4v) is 1.54. The fraction of sp³-hybridized carbons (Fsp3) is 0.455. The second-order valence-electron chi connectivity index (χ2n) is 3.51. The van der Waals surface area contributed by atoms with Gasteiger partial charge < -0.3 is 0 Å². The van der Waals surface area contributed by atoms with E-state index in [9.17, 15) is 13.2 Å². The molecule has 0 amide bonds. The first kappa shape index (κ1) is 12.8. The molecule has 0 saturated carbocycles. The van der Waals surface area contributed by atoms with Gasteiger partial charge in [-0.05, 0) is 30.5 Å². The highest BCUT2D eigenvalue weighted by Crippen LogP contribution is 2.29. The van der Waals surface area contributed by atoms with Gasteiger partial charge in [0.2, 0.25) is 0 Å². The molecule has 1 aromatic rings. The van der Waals surface area contributed by atoms with Crippen LogP contribution in [-0.4, -0.2) is 3.92 Å². The zero-order valence-electron chi connectivity index (χ0n) is 8.31. The fourth-order valence-electron chi connectivity index (χ4n) is 1.23. The lowest BCUT2D eigenvalue weighted by molar-refractivity contribution is -0.137. The molecule has 0 spiro atoms. The van der Waals surface area contributed by atoms with Gasteiger partial charge in [-0.15, -0.1) is 0 Å². The summed E-state index contributed by atoms with van der Waals surface area (Å²) in [5.74, 6) is 0. The number of hydrogen-bond donors (Lipinski definition) is 0. The maximum Gasteiger partial charge on any atom is 0.416 e. The van der Waals surface area contributed by atoms with E-state index < -0.39 is 11.7 Å². The van der Waals surface area contributed by atoms with Crippen LogP contribution < -0.4 is 0 Å². The molecule has 15 heavy (non-hydrogen) atoms. The van der Waals surface area contributed by atoms with Gasteiger partial charge in [-0.25, -0.2) is 0 Å². The predicted molar refractivity (Wildman–Crippen MR) is 63.2 cm³/mol. The quantitative estimate of drug-likeness (QED) is 0.568. The van der Waals surface area contributed by atoms with Crippen LogP contribution in [0.2, 0.25) is 0 Å². The van der Waals surface area contributed by atoms with E-state index in [4.69, 9.17) is 0 Å². The van der Waals surface area contributed by atoms with Gasteiger partial charge in [-0.1, -0.05) is 41.6 Å². The number of alkyl halides is 4. The summed E-state index contributed by atoms with van der Waals surface area (Å²) in [6.07, 6.45) is -2.40. The molecular formula is C11H12F3I. The Labute approximate surface area is 101 Å². The number of rotatable bonds is 3. The Morgan fingerprint density at radius 3 is 2.13 bits per heavy atom. The van der Waals surface area contributed by atoms with Gasteiger partial charge in [-0.2, -0.15) is 13.2 Å². The van der Waals surface area contributed by atoms with Gasteiger partial charge in [0.1, 0.15) is 0 Å². The van der Waals surface area contributed by atoms with Gasteiger partial charge in [0.05, 0.1) is 5.56 Å². The lowest BCUT2D eigenvalue weighted by Gasteiger charge is -2.08. The third-order valence-electron chi connectivity index (χ3n) is 2.11. The van der Waals surface area contributed by atoms with Gasteiger partial charge in [-0.3, -0.25) is 0 Å². The van der Waals surface area contributed by atoms with Crippen molar-refractivity contribution in [3.05, 3.63) is 35.4 Å². The van der Waals surface area contributed by atoms with Crippen molar-refractivity contribution >= 4 is 22.6 Å². The predicted octanol–water partition coefficient (Wildman–Crippen LogP) is 4.46. The zero-order valence-corrected chi connectivity index (χ0v) is 10.5. The Hall–Kier alpha value is -0.260. The molecule has 0 N–H and O–H groups in total. The molecule has 0 saturated heterocycles. The summed E-state index contributed by atoms with van der Waals surface area (Å²) in [5, 5.41) is 0. The summed E-state index contributed by atoms with van der Waals surface area (Å²) in [6.45, 7) is 2.09. The Kier molecular flexibility index (Phi) is 4.43. The van der Waals surface area contributed by atoms with Crippen LogP contribution in [-0.2, 0) is 12.6 Å². The van der Waals surface area contributed by atoms with Crippen LogP contribution in [0.4, 0.5) is 13.2 Å². The second-order valence-corrected chi connectivity index (χ2v) is 5.64. The Bertz CT molecular complexity index is 301. The summed E-state index contributed by atoms with van der Waals surface area (Å²) < 4.78 is 37.2. The van der Waals surface area contributed by atoms with Crippen LogP contribution in [0.25, 0.3) is 0 Å². The van der Waals surface area contributed by atoms with E-state index in [1.807, 2.05) is 0 Å². The molecule has 84 valence electrons. The average Bonchev–Trinajstić information content (AvgIpc) is 2.14. The largest absolute Gasteiger partial charge is 0.416 e. The summed E-state index contributed by atoms with van der Waals surface area (Å²) in [6, 6.07) is 5.41. The van der Waals surface area contributed by atoms with Crippen LogP contribution >= 0.6 is 22.6 Å². The Balaban J connectivity index is 2.65. The molecule has 0 aliphatic carbocycles. The monoisotopic (exact) mass is 328 g/mol. The van der Waals surface area contributed by atoms with Crippen molar-refractivity contribution in [2.75, 3.05) is 0 Å². The third kappa shape index (κ3) is 4.40. The Morgan fingerprint density at radius 2 is 1.73 bits per heavy atom. The molecule has 4 heteroatoms. The van der Waals surface area contributed by atoms with Crippen LogP contribution in [0.5, 0.6) is 0 Å². The molecule has 0 aliphatic rings. The molecule has 0 radical (unpaired) electrons. The summed E-state index contributed by atoms with van der Waals surface area (Å²) in [4.78, 5) is 0. The van der Waals surface area contributed by atoms with Crippen LogP contribution in [0.1, 0.15) is 24.5 Å². The van der Waals surface area contributed by atoms with Gasteiger partial charge in [0.25, 0.3) is 0 Å². The first-order chi connectivity index (χ1) is 6.89. The van der Waals surface area contributed by atoms with Gasteiger partial charge in [0.15, 0.2) is 0 Å². The van der Waals surface area contributed by atoms with Crippen LogP contribution in [0.3, 0.4) is 0 Å². The smallest absolute Gasteiger partial charge is 0.166 e. The SMILES string of the molecule is CC(I)CCc1ccc(C(F)(F)F)cc1. The number of hydrogen-bond acceptors (Lipinski definition) is 0. The zero-order chi connectivity index (χ0) is 11.5. The molecule has 1 unspecified atom stereocenters.